The summed E-state index contributed by atoms with van der Waals surface area (Å²) < 4.78 is 5.43. The summed E-state index contributed by atoms with van der Waals surface area (Å²) in [5, 5.41) is 2.80. The van der Waals surface area contributed by atoms with Gasteiger partial charge >= 0.3 is 0 Å². The average Bonchev–Trinajstić information content (AvgIpc) is 2.49. The smallest absolute Gasteiger partial charge is 0.255 e. The number of rotatable bonds is 4. The lowest BCUT2D eigenvalue weighted by atomic mass is 10.1. The summed E-state index contributed by atoms with van der Waals surface area (Å²) in [7, 11) is 0. The van der Waals surface area contributed by atoms with Gasteiger partial charge in [-0.25, -0.2) is 0 Å². The number of carbonyl (C=O) groups excluding carboxylic acids is 1. The van der Waals surface area contributed by atoms with Crippen LogP contribution in [0.25, 0.3) is 0 Å². The van der Waals surface area contributed by atoms with Crippen molar-refractivity contribution in [2.45, 2.75) is 40.0 Å². The Hall–Kier alpha value is -0.960. The lowest BCUT2D eigenvalue weighted by Gasteiger charge is -2.14. The van der Waals surface area contributed by atoms with Gasteiger partial charge in [0.05, 0.1) is 10.9 Å². The molecule has 17 heavy (non-hydrogen) atoms. The van der Waals surface area contributed by atoms with E-state index in [-0.39, 0.29) is 11.3 Å². The Morgan fingerprint density at radius 1 is 1.29 bits per heavy atom. The molecule has 0 saturated heterocycles. The van der Waals surface area contributed by atoms with E-state index in [1.165, 1.54) is 0 Å². The average molecular weight is 258 g/mol. The molecule has 3 nitrogen and oxygen atoms in total. The molecular formula is C13H20ClNO2. The van der Waals surface area contributed by atoms with Crippen molar-refractivity contribution in [2.24, 2.45) is 5.92 Å². The third-order valence-electron chi connectivity index (χ3n) is 2.97. The zero-order valence-corrected chi connectivity index (χ0v) is 11.8. The molecule has 1 amide bonds. The molecule has 1 unspecified atom stereocenters. The highest BCUT2D eigenvalue weighted by Gasteiger charge is 2.19. The maximum atomic E-state index is 12.0. The van der Waals surface area contributed by atoms with E-state index in [1.807, 2.05) is 27.7 Å². The van der Waals surface area contributed by atoms with E-state index in [9.17, 15) is 4.79 Å². The Kier molecular flexibility index (Phi) is 4.63. The van der Waals surface area contributed by atoms with Gasteiger partial charge < -0.3 is 9.73 Å². The van der Waals surface area contributed by atoms with Crippen molar-refractivity contribution in [2.75, 3.05) is 6.54 Å². The minimum Gasteiger partial charge on any atom is -0.466 e. The second-order valence-electron chi connectivity index (χ2n) is 4.68. The number of aryl methyl sites for hydroxylation is 2. The van der Waals surface area contributed by atoms with E-state index in [2.05, 4.69) is 5.32 Å². The zero-order valence-electron chi connectivity index (χ0n) is 11.1. The minimum absolute atomic E-state index is 0.0486. The van der Waals surface area contributed by atoms with E-state index in [4.69, 9.17) is 16.0 Å². The largest absolute Gasteiger partial charge is 0.466 e. The van der Waals surface area contributed by atoms with Gasteiger partial charge in [-0.3, -0.25) is 4.79 Å². The lowest BCUT2D eigenvalue weighted by molar-refractivity contribution is 0.0950. The van der Waals surface area contributed by atoms with Gasteiger partial charge in [0.25, 0.3) is 5.91 Å². The van der Waals surface area contributed by atoms with Crippen LogP contribution in [0, 0.1) is 26.7 Å². The molecule has 0 bridgehead atoms. The van der Waals surface area contributed by atoms with Crippen molar-refractivity contribution in [1.29, 1.82) is 0 Å². The molecule has 0 aliphatic carbocycles. The summed E-state index contributed by atoms with van der Waals surface area (Å²) in [6, 6.07) is 0. The second kappa shape index (κ2) is 5.58. The predicted molar refractivity (Wildman–Crippen MR) is 69.7 cm³/mol. The highest BCUT2D eigenvalue weighted by atomic mass is 35.5. The second-order valence-corrected chi connectivity index (χ2v) is 5.25. The molecule has 0 radical (unpaired) electrons. The van der Waals surface area contributed by atoms with Crippen molar-refractivity contribution < 1.29 is 9.21 Å². The molecule has 0 saturated carbocycles. The molecule has 1 aromatic heterocycles. The SMILES string of the molecule is Cc1oc(C)c(C(=O)NCC(Cl)C(C)C)c1C. The molecular weight excluding hydrogens is 238 g/mol. The van der Waals surface area contributed by atoms with Crippen LogP contribution in [0.4, 0.5) is 0 Å². The van der Waals surface area contributed by atoms with Crippen LogP contribution in [0.15, 0.2) is 4.42 Å². The third-order valence-corrected chi connectivity index (χ3v) is 3.63. The first-order valence-corrected chi connectivity index (χ1v) is 6.27. The number of nitrogens with one attached hydrogen (secondary N) is 1. The molecule has 96 valence electrons. The van der Waals surface area contributed by atoms with Crippen LogP contribution in [-0.2, 0) is 0 Å². The van der Waals surface area contributed by atoms with Gasteiger partial charge in [-0.2, -0.15) is 0 Å². The number of carbonyl (C=O) groups is 1. The topological polar surface area (TPSA) is 42.2 Å². The standard InChI is InChI=1S/C13H20ClNO2/c1-7(2)11(14)6-15-13(16)12-8(3)9(4)17-10(12)5/h7,11H,6H2,1-5H3,(H,15,16). The molecule has 0 spiro atoms. The number of halogens is 1. The first-order chi connectivity index (χ1) is 7.84. The summed E-state index contributed by atoms with van der Waals surface area (Å²) in [5.41, 5.74) is 1.53. The Morgan fingerprint density at radius 2 is 1.88 bits per heavy atom. The Morgan fingerprint density at radius 3 is 2.29 bits per heavy atom. The molecule has 1 atom stereocenters. The van der Waals surface area contributed by atoms with Crippen LogP contribution in [-0.4, -0.2) is 17.8 Å². The number of amides is 1. The van der Waals surface area contributed by atoms with Gasteiger partial charge in [-0.15, -0.1) is 11.6 Å². The fourth-order valence-electron chi connectivity index (χ4n) is 1.64. The van der Waals surface area contributed by atoms with E-state index in [0.29, 0.717) is 23.8 Å². The quantitative estimate of drug-likeness (QED) is 0.842. The number of hydrogen-bond acceptors (Lipinski definition) is 2. The van der Waals surface area contributed by atoms with Gasteiger partial charge in [0, 0.05) is 12.1 Å². The highest BCUT2D eigenvalue weighted by Crippen LogP contribution is 2.20. The molecule has 4 heteroatoms. The summed E-state index contributed by atoms with van der Waals surface area (Å²) in [6.07, 6.45) is 0. The zero-order chi connectivity index (χ0) is 13.2. The Balaban J connectivity index is 2.71. The van der Waals surface area contributed by atoms with Gasteiger partial charge in [0.1, 0.15) is 11.5 Å². The van der Waals surface area contributed by atoms with Crippen LogP contribution >= 0.6 is 11.6 Å². The summed E-state index contributed by atoms with van der Waals surface area (Å²) >= 11 is 6.09. The summed E-state index contributed by atoms with van der Waals surface area (Å²) in [5.74, 6) is 1.68. The van der Waals surface area contributed by atoms with E-state index < -0.39 is 0 Å². The van der Waals surface area contributed by atoms with Crippen LogP contribution in [0.3, 0.4) is 0 Å². The van der Waals surface area contributed by atoms with Crippen LogP contribution in [0.5, 0.6) is 0 Å². The summed E-state index contributed by atoms with van der Waals surface area (Å²) in [4.78, 5) is 12.0. The maximum absolute atomic E-state index is 12.0. The third kappa shape index (κ3) is 3.25. The molecule has 1 heterocycles. The fraction of sp³-hybridized carbons (Fsp3) is 0.615. The van der Waals surface area contributed by atoms with Gasteiger partial charge in [-0.1, -0.05) is 13.8 Å². The van der Waals surface area contributed by atoms with Crippen molar-refractivity contribution in [3.05, 3.63) is 22.6 Å². The van der Waals surface area contributed by atoms with E-state index in [1.54, 1.807) is 6.92 Å². The molecule has 0 aromatic carbocycles. The number of alkyl halides is 1. The van der Waals surface area contributed by atoms with Crippen LogP contribution in [0.2, 0.25) is 0 Å². The van der Waals surface area contributed by atoms with E-state index >= 15 is 0 Å². The number of hydrogen-bond donors (Lipinski definition) is 1. The fourth-order valence-corrected chi connectivity index (χ4v) is 1.72. The van der Waals surface area contributed by atoms with Gasteiger partial charge in [0.2, 0.25) is 0 Å². The van der Waals surface area contributed by atoms with Crippen molar-refractivity contribution in [3.63, 3.8) is 0 Å². The predicted octanol–water partition coefficient (Wildman–Crippen LogP) is 3.20. The number of furan rings is 1. The highest BCUT2D eigenvalue weighted by molar-refractivity contribution is 6.21. The van der Waals surface area contributed by atoms with Crippen LogP contribution in [0.1, 0.15) is 41.3 Å². The Labute approximate surface area is 108 Å². The monoisotopic (exact) mass is 257 g/mol. The summed E-state index contributed by atoms with van der Waals surface area (Å²) in [6.45, 7) is 10.1. The molecule has 0 fully saturated rings. The van der Waals surface area contributed by atoms with Crippen molar-refractivity contribution in [1.82, 2.24) is 5.32 Å². The van der Waals surface area contributed by atoms with Crippen molar-refractivity contribution in [3.8, 4) is 0 Å². The Bertz CT molecular complexity index is 410. The van der Waals surface area contributed by atoms with Gasteiger partial charge in [0.15, 0.2) is 0 Å². The lowest BCUT2D eigenvalue weighted by Crippen LogP contribution is -2.32. The van der Waals surface area contributed by atoms with Gasteiger partial charge in [-0.05, 0) is 26.7 Å². The molecule has 0 aliphatic rings. The molecule has 1 N–H and O–H groups in total. The normalized spacial score (nSPS) is 12.9. The maximum Gasteiger partial charge on any atom is 0.255 e. The molecule has 1 aromatic rings. The van der Waals surface area contributed by atoms with Crippen LogP contribution < -0.4 is 5.32 Å². The molecule has 1 rings (SSSR count). The van der Waals surface area contributed by atoms with E-state index in [0.717, 1.165) is 11.3 Å². The molecule has 0 aliphatic heterocycles. The minimum atomic E-state index is -0.108. The first kappa shape index (κ1) is 14.1. The first-order valence-electron chi connectivity index (χ1n) is 5.83. The van der Waals surface area contributed by atoms with Crippen molar-refractivity contribution >= 4 is 17.5 Å².